The Morgan fingerprint density at radius 2 is 1.73 bits per heavy atom. The van der Waals surface area contributed by atoms with Gasteiger partial charge in [-0.25, -0.2) is 0 Å². The number of aliphatic hydroxyl groups is 1. The van der Waals surface area contributed by atoms with Gasteiger partial charge in [0.15, 0.2) is 0 Å². The number of β-amino-alcohol motifs (C(OH)–C–C–N with tert-alkyl or cyclic N) is 1. The van der Waals surface area contributed by atoms with Crippen LogP contribution < -0.4 is 0 Å². The van der Waals surface area contributed by atoms with Crippen LogP contribution >= 0.6 is 0 Å². The van der Waals surface area contributed by atoms with E-state index in [4.69, 9.17) is 0 Å². The fraction of sp³-hybridized carbons (Fsp3) is 1.00. The third-order valence-electron chi connectivity index (χ3n) is 4.40. The maximum atomic E-state index is 9.53. The number of likely N-dealkylation sites (tertiary alicyclic amines) is 1. The molecule has 1 aliphatic heterocycles. The van der Waals surface area contributed by atoms with Gasteiger partial charge < -0.3 is 5.11 Å². The Kier molecular flexibility index (Phi) is 3.68. The number of hydrogen-bond donors (Lipinski definition) is 1. The Morgan fingerprint density at radius 1 is 1.07 bits per heavy atom. The topological polar surface area (TPSA) is 23.5 Å². The second-order valence-electron chi connectivity index (χ2n) is 5.75. The molecule has 0 aromatic heterocycles. The molecule has 2 rings (SSSR count). The van der Waals surface area contributed by atoms with Crippen LogP contribution in [0.3, 0.4) is 0 Å². The Morgan fingerprint density at radius 3 is 2.20 bits per heavy atom. The van der Waals surface area contributed by atoms with Crippen LogP contribution in [0.4, 0.5) is 0 Å². The monoisotopic (exact) mass is 211 g/mol. The first-order chi connectivity index (χ1) is 7.16. The molecule has 1 heterocycles. The molecule has 0 radical (unpaired) electrons. The van der Waals surface area contributed by atoms with Gasteiger partial charge in [0.2, 0.25) is 0 Å². The standard InChI is InChI=1S/C13H25NO/c1-10(2)11-3-5-12(6-4-11)14-8-7-13(15)9-14/h10-13,15H,3-9H2,1-2H3/t11-,12+,13-/m0/s1. The molecule has 1 saturated heterocycles. The van der Waals surface area contributed by atoms with Crippen LogP contribution in [0.5, 0.6) is 0 Å². The van der Waals surface area contributed by atoms with E-state index in [1.165, 1.54) is 25.7 Å². The highest BCUT2D eigenvalue weighted by atomic mass is 16.3. The van der Waals surface area contributed by atoms with Gasteiger partial charge in [0.1, 0.15) is 0 Å². The molecule has 0 aromatic carbocycles. The van der Waals surface area contributed by atoms with E-state index in [-0.39, 0.29) is 6.10 Å². The summed E-state index contributed by atoms with van der Waals surface area (Å²) in [4.78, 5) is 2.52. The van der Waals surface area contributed by atoms with Crippen molar-refractivity contribution in [2.75, 3.05) is 13.1 Å². The second kappa shape index (κ2) is 4.84. The predicted octanol–water partition coefficient (Wildman–Crippen LogP) is 2.27. The molecule has 1 saturated carbocycles. The molecule has 2 heteroatoms. The summed E-state index contributed by atoms with van der Waals surface area (Å²) in [5, 5.41) is 9.53. The van der Waals surface area contributed by atoms with Crippen molar-refractivity contribution in [3.8, 4) is 0 Å². The Hall–Kier alpha value is -0.0800. The van der Waals surface area contributed by atoms with Crippen molar-refractivity contribution in [3.05, 3.63) is 0 Å². The van der Waals surface area contributed by atoms with Crippen LogP contribution in [0.1, 0.15) is 46.0 Å². The van der Waals surface area contributed by atoms with Gasteiger partial charge in [-0.2, -0.15) is 0 Å². The summed E-state index contributed by atoms with van der Waals surface area (Å²) in [6.45, 7) is 6.75. The number of rotatable bonds is 2. The Bertz CT molecular complexity index is 197. The van der Waals surface area contributed by atoms with Gasteiger partial charge in [-0.05, 0) is 43.9 Å². The van der Waals surface area contributed by atoms with E-state index < -0.39 is 0 Å². The van der Waals surface area contributed by atoms with Gasteiger partial charge in [0.25, 0.3) is 0 Å². The SMILES string of the molecule is CC(C)[C@H]1CC[C@@H](N2CC[C@H](O)C2)CC1. The largest absolute Gasteiger partial charge is 0.392 e. The molecule has 2 fully saturated rings. The second-order valence-corrected chi connectivity index (χ2v) is 5.75. The fourth-order valence-electron chi connectivity index (χ4n) is 3.23. The first-order valence-electron chi connectivity index (χ1n) is 6.59. The van der Waals surface area contributed by atoms with E-state index in [0.29, 0.717) is 0 Å². The Balaban J connectivity index is 1.78. The van der Waals surface area contributed by atoms with Crippen molar-refractivity contribution in [1.29, 1.82) is 0 Å². The van der Waals surface area contributed by atoms with Gasteiger partial charge in [0, 0.05) is 19.1 Å². The molecule has 0 spiro atoms. The number of nitrogens with zero attached hydrogens (tertiary/aromatic N) is 1. The highest BCUT2D eigenvalue weighted by Crippen LogP contribution is 2.33. The molecule has 0 unspecified atom stereocenters. The summed E-state index contributed by atoms with van der Waals surface area (Å²) in [5.74, 6) is 1.81. The lowest BCUT2D eigenvalue weighted by atomic mass is 9.79. The minimum absolute atomic E-state index is 0.0483. The zero-order valence-corrected chi connectivity index (χ0v) is 10.2. The van der Waals surface area contributed by atoms with E-state index in [0.717, 1.165) is 37.4 Å². The average molecular weight is 211 g/mol. The third kappa shape index (κ3) is 2.73. The van der Waals surface area contributed by atoms with E-state index >= 15 is 0 Å². The van der Waals surface area contributed by atoms with Gasteiger partial charge in [-0.1, -0.05) is 13.8 Å². The molecule has 1 aliphatic carbocycles. The van der Waals surface area contributed by atoms with Crippen LogP contribution in [0.25, 0.3) is 0 Å². The smallest absolute Gasteiger partial charge is 0.0679 e. The highest BCUT2D eigenvalue weighted by molar-refractivity contribution is 4.85. The molecule has 0 aromatic rings. The van der Waals surface area contributed by atoms with Gasteiger partial charge in [-0.3, -0.25) is 4.90 Å². The van der Waals surface area contributed by atoms with E-state index in [1.54, 1.807) is 0 Å². The first-order valence-corrected chi connectivity index (χ1v) is 6.59. The zero-order chi connectivity index (χ0) is 10.8. The molecular weight excluding hydrogens is 186 g/mol. The van der Waals surface area contributed by atoms with Crippen molar-refractivity contribution < 1.29 is 5.11 Å². The number of aliphatic hydroxyl groups excluding tert-OH is 1. The van der Waals surface area contributed by atoms with Crippen molar-refractivity contribution in [2.24, 2.45) is 11.8 Å². The van der Waals surface area contributed by atoms with Gasteiger partial charge in [0.05, 0.1) is 6.10 Å². The van der Waals surface area contributed by atoms with Crippen LogP contribution in [0.15, 0.2) is 0 Å². The summed E-state index contributed by atoms with van der Waals surface area (Å²) < 4.78 is 0. The first kappa shape index (κ1) is 11.4. The van der Waals surface area contributed by atoms with Crippen molar-refractivity contribution in [1.82, 2.24) is 4.90 Å². The summed E-state index contributed by atoms with van der Waals surface area (Å²) in [7, 11) is 0. The Labute approximate surface area is 93.7 Å². The molecule has 1 atom stereocenters. The third-order valence-corrected chi connectivity index (χ3v) is 4.40. The molecular formula is C13H25NO. The summed E-state index contributed by atoms with van der Waals surface area (Å²) in [5.41, 5.74) is 0. The lowest BCUT2D eigenvalue weighted by molar-refractivity contribution is 0.121. The molecule has 1 N–H and O–H groups in total. The summed E-state index contributed by atoms with van der Waals surface area (Å²) in [6.07, 6.45) is 6.45. The summed E-state index contributed by atoms with van der Waals surface area (Å²) in [6, 6.07) is 0.775. The highest BCUT2D eigenvalue weighted by Gasteiger charge is 2.30. The molecule has 2 nitrogen and oxygen atoms in total. The van der Waals surface area contributed by atoms with Crippen LogP contribution in [-0.2, 0) is 0 Å². The number of hydrogen-bond acceptors (Lipinski definition) is 2. The molecule has 2 aliphatic rings. The van der Waals surface area contributed by atoms with Crippen LogP contribution in [0.2, 0.25) is 0 Å². The lowest BCUT2D eigenvalue weighted by Crippen LogP contribution is -2.37. The van der Waals surface area contributed by atoms with Crippen molar-refractivity contribution in [2.45, 2.75) is 58.1 Å². The maximum absolute atomic E-state index is 9.53. The quantitative estimate of drug-likeness (QED) is 0.757. The fourth-order valence-corrected chi connectivity index (χ4v) is 3.23. The predicted molar refractivity (Wildman–Crippen MR) is 62.8 cm³/mol. The van der Waals surface area contributed by atoms with Crippen molar-refractivity contribution in [3.63, 3.8) is 0 Å². The minimum atomic E-state index is -0.0483. The van der Waals surface area contributed by atoms with Crippen LogP contribution in [0, 0.1) is 11.8 Å². The van der Waals surface area contributed by atoms with Crippen LogP contribution in [-0.4, -0.2) is 35.2 Å². The van der Waals surface area contributed by atoms with E-state index in [9.17, 15) is 5.11 Å². The minimum Gasteiger partial charge on any atom is -0.392 e. The molecule has 88 valence electrons. The lowest BCUT2D eigenvalue weighted by Gasteiger charge is -2.35. The zero-order valence-electron chi connectivity index (χ0n) is 10.2. The molecule has 0 amide bonds. The summed E-state index contributed by atoms with van der Waals surface area (Å²) >= 11 is 0. The average Bonchev–Trinajstić information content (AvgIpc) is 2.65. The van der Waals surface area contributed by atoms with E-state index in [1.807, 2.05) is 0 Å². The maximum Gasteiger partial charge on any atom is 0.0679 e. The molecule has 0 bridgehead atoms. The normalized spacial score (nSPS) is 38.8. The van der Waals surface area contributed by atoms with E-state index in [2.05, 4.69) is 18.7 Å². The van der Waals surface area contributed by atoms with Gasteiger partial charge >= 0.3 is 0 Å². The van der Waals surface area contributed by atoms with Gasteiger partial charge in [-0.15, -0.1) is 0 Å². The van der Waals surface area contributed by atoms with Crippen molar-refractivity contribution >= 4 is 0 Å². The molecule has 15 heavy (non-hydrogen) atoms.